The van der Waals surface area contributed by atoms with Crippen LogP contribution in [-0.2, 0) is 24.5 Å². The maximum Gasteiger partial charge on any atom is 0.336 e. The van der Waals surface area contributed by atoms with Crippen molar-refractivity contribution in [3.63, 3.8) is 0 Å². The molecule has 3 aromatic carbocycles. The van der Waals surface area contributed by atoms with Gasteiger partial charge in [-0.25, -0.2) is 9.59 Å². The first-order valence-electron chi connectivity index (χ1n) is 10.1. The smallest absolute Gasteiger partial charge is 0.336 e. The van der Waals surface area contributed by atoms with Crippen molar-refractivity contribution in [2.75, 3.05) is 0 Å². The van der Waals surface area contributed by atoms with Crippen LogP contribution in [0.4, 0.5) is 0 Å². The second-order valence-corrected chi connectivity index (χ2v) is 7.29. The lowest BCUT2D eigenvalue weighted by molar-refractivity contribution is 0.0226. The molecule has 10 heteroatoms. The van der Waals surface area contributed by atoms with Gasteiger partial charge in [0.05, 0.1) is 23.3 Å². The van der Waals surface area contributed by atoms with E-state index < -0.39 is 17.8 Å². The van der Waals surface area contributed by atoms with Crippen molar-refractivity contribution >= 4 is 17.8 Å². The molecule has 0 spiro atoms. The molecule has 0 aliphatic heterocycles. The Morgan fingerprint density at radius 1 is 0.706 bits per heavy atom. The Kier molecular flexibility index (Phi) is 7.80. The summed E-state index contributed by atoms with van der Waals surface area (Å²) in [5.74, 6) is -3.29. The van der Waals surface area contributed by atoms with Gasteiger partial charge in [-0.2, -0.15) is 5.48 Å². The molecule has 0 aromatic heterocycles. The van der Waals surface area contributed by atoms with Crippen LogP contribution in [-0.4, -0.2) is 38.3 Å². The van der Waals surface area contributed by atoms with Crippen molar-refractivity contribution in [2.24, 2.45) is 0 Å². The molecule has 0 saturated heterocycles. The average molecular weight is 466 g/mol. The summed E-state index contributed by atoms with van der Waals surface area (Å²) >= 11 is 0. The van der Waals surface area contributed by atoms with Gasteiger partial charge in [0.1, 0.15) is 11.5 Å². The van der Waals surface area contributed by atoms with E-state index in [0.29, 0.717) is 12.1 Å². The minimum absolute atomic E-state index is 0.0344. The van der Waals surface area contributed by atoms with E-state index in [2.05, 4.69) is 10.8 Å². The summed E-state index contributed by atoms with van der Waals surface area (Å²) in [7, 11) is 0. The summed E-state index contributed by atoms with van der Waals surface area (Å²) in [6.07, 6.45) is 0. The fraction of sp³-hybridized carbons (Fsp3) is 0.125. The van der Waals surface area contributed by atoms with Crippen LogP contribution in [0.5, 0.6) is 11.5 Å². The number of hydroxylamine groups is 1. The Bertz CT molecular complexity index is 1210. The molecule has 0 unspecified atom stereocenters. The highest BCUT2D eigenvalue weighted by Gasteiger charge is 2.17. The fourth-order valence-electron chi connectivity index (χ4n) is 3.13. The first-order valence-corrected chi connectivity index (χ1v) is 10.1. The third-order valence-corrected chi connectivity index (χ3v) is 4.88. The molecular formula is C24H22N2O8. The first-order chi connectivity index (χ1) is 16.2. The minimum Gasteiger partial charge on any atom is -0.508 e. The van der Waals surface area contributed by atoms with Crippen LogP contribution in [0.1, 0.15) is 47.8 Å². The Morgan fingerprint density at radius 2 is 1.26 bits per heavy atom. The summed E-state index contributed by atoms with van der Waals surface area (Å²) in [6.45, 7) is 0.403. The van der Waals surface area contributed by atoms with Crippen LogP contribution >= 0.6 is 0 Å². The summed E-state index contributed by atoms with van der Waals surface area (Å²) in [5.41, 5.74) is 4.35. The van der Waals surface area contributed by atoms with E-state index in [-0.39, 0.29) is 41.3 Å². The number of aromatic carboxylic acids is 2. The predicted octanol–water partition coefficient (Wildman–Crippen LogP) is 2.65. The number of rotatable bonds is 10. The van der Waals surface area contributed by atoms with E-state index in [9.17, 15) is 34.8 Å². The average Bonchev–Trinajstić information content (AvgIpc) is 2.80. The summed E-state index contributed by atoms with van der Waals surface area (Å²) in [6, 6.07) is 14.5. The third-order valence-electron chi connectivity index (χ3n) is 4.88. The van der Waals surface area contributed by atoms with Gasteiger partial charge in [-0.1, -0.05) is 24.3 Å². The van der Waals surface area contributed by atoms with Crippen LogP contribution in [0.3, 0.4) is 0 Å². The van der Waals surface area contributed by atoms with Crippen molar-refractivity contribution in [3.05, 3.63) is 94.0 Å². The van der Waals surface area contributed by atoms with Gasteiger partial charge >= 0.3 is 11.9 Å². The van der Waals surface area contributed by atoms with E-state index in [4.69, 9.17) is 4.84 Å². The van der Waals surface area contributed by atoms with Gasteiger partial charge in [0.25, 0.3) is 5.91 Å². The zero-order valence-corrected chi connectivity index (χ0v) is 17.8. The van der Waals surface area contributed by atoms with Crippen molar-refractivity contribution in [1.82, 2.24) is 10.8 Å². The maximum atomic E-state index is 12.4. The van der Waals surface area contributed by atoms with Crippen molar-refractivity contribution in [2.45, 2.75) is 19.7 Å². The highest BCUT2D eigenvalue weighted by atomic mass is 16.6. The fourth-order valence-corrected chi connectivity index (χ4v) is 3.13. The lowest BCUT2D eigenvalue weighted by Crippen LogP contribution is -2.25. The SMILES string of the molecule is O=C(O)c1ccc(O)cc1CONCc1ccc(CNC(=O)c2cc(O)ccc2C(=O)O)cc1. The number of carbonyl (C=O) groups excluding carboxylic acids is 1. The van der Waals surface area contributed by atoms with Crippen LogP contribution in [0.2, 0.25) is 0 Å². The zero-order valence-electron chi connectivity index (χ0n) is 17.8. The number of carboxylic acids is 2. The first kappa shape index (κ1) is 24.2. The van der Waals surface area contributed by atoms with E-state index >= 15 is 0 Å². The molecule has 1 amide bonds. The molecule has 0 fully saturated rings. The number of hydrogen-bond acceptors (Lipinski definition) is 7. The van der Waals surface area contributed by atoms with E-state index in [1.54, 1.807) is 24.3 Å². The largest absolute Gasteiger partial charge is 0.508 e. The molecule has 0 atom stereocenters. The lowest BCUT2D eigenvalue weighted by Gasteiger charge is -2.10. The number of aromatic hydroxyl groups is 2. The van der Waals surface area contributed by atoms with E-state index in [1.165, 1.54) is 30.3 Å². The van der Waals surface area contributed by atoms with E-state index in [0.717, 1.165) is 17.2 Å². The van der Waals surface area contributed by atoms with E-state index in [1.807, 2.05) is 0 Å². The molecule has 34 heavy (non-hydrogen) atoms. The Morgan fingerprint density at radius 3 is 1.88 bits per heavy atom. The minimum atomic E-state index is -1.27. The molecular weight excluding hydrogens is 444 g/mol. The lowest BCUT2D eigenvalue weighted by atomic mass is 10.1. The van der Waals surface area contributed by atoms with Crippen LogP contribution < -0.4 is 10.8 Å². The normalized spacial score (nSPS) is 10.6. The number of carbonyl (C=O) groups is 3. The van der Waals surface area contributed by atoms with Gasteiger partial charge in [0.2, 0.25) is 0 Å². The Balaban J connectivity index is 1.50. The molecule has 0 saturated carbocycles. The number of nitrogens with one attached hydrogen (secondary N) is 2. The van der Waals surface area contributed by atoms with Gasteiger partial charge in [0, 0.05) is 13.1 Å². The number of carboxylic acid groups (broad SMARTS) is 2. The monoisotopic (exact) mass is 466 g/mol. The van der Waals surface area contributed by atoms with Crippen LogP contribution in [0, 0.1) is 0 Å². The summed E-state index contributed by atoms with van der Waals surface area (Å²) < 4.78 is 0. The number of amides is 1. The molecule has 176 valence electrons. The standard InChI is InChI=1S/C24H22N2O8/c27-17-5-7-19(23(30)31)16(9-17)13-34-26-12-15-3-1-14(2-4-15)11-25-22(29)21-10-18(28)6-8-20(21)24(32)33/h1-10,26-28H,11-13H2,(H,25,29)(H,30,31)(H,32,33). The number of hydrogen-bond donors (Lipinski definition) is 6. The van der Waals surface area contributed by atoms with Crippen molar-refractivity contribution in [1.29, 1.82) is 0 Å². The third kappa shape index (κ3) is 6.31. The number of phenols is 2. The van der Waals surface area contributed by atoms with Crippen molar-refractivity contribution < 1.29 is 39.6 Å². The molecule has 0 aliphatic rings. The van der Waals surface area contributed by atoms with Gasteiger partial charge in [-0.05, 0) is 53.1 Å². The second-order valence-electron chi connectivity index (χ2n) is 7.29. The topological polar surface area (TPSA) is 165 Å². The Hall–Kier alpha value is -4.41. The van der Waals surface area contributed by atoms with Gasteiger partial charge in [-0.15, -0.1) is 0 Å². The van der Waals surface area contributed by atoms with Gasteiger partial charge < -0.3 is 25.7 Å². The molecule has 0 aliphatic carbocycles. The predicted molar refractivity (Wildman–Crippen MR) is 119 cm³/mol. The van der Waals surface area contributed by atoms with Gasteiger partial charge in [-0.3, -0.25) is 9.63 Å². The van der Waals surface area contributed by atoms with Crippen molar-refractivity contribution in [3.8, 4) is 11.5 Å². The number of phenolic OH excluding ortho intramolecular Hbond substituents is 2. The molecule has 3 aromatic rings. The van der Waals surface area contributed by atoms with Crippen LogP contribution in [0.15, 0.2) is 60.7 Å². The summed E-state index contributed by atoms with van der Waals surface area (Å²) in [4.78, 5) is 40.2. The van der Waals surface area contributed by atoms with Crippen LogP contribution in [0.25, 0.3) is 0 Å². The molecule has 10 nitrogen and oxygen atoms in total. The second kappa shape index (κ2) is 10.9. The molecule has 0 bridgehead atoms. The zero-order chi connectivity index (χ0) is 24.7. The maximum absolute atomic E-state index is 12.4. The molecule has 0 radical (unpaired) electrons. The quantitative estimate of drug-likeness (QED) is 0.195. The molecule has 0 heterocycles. The molecule has 3 rings (SSSR count). The summed E-state index contributed by atoms with van der Waals surface area (Å²) in [5, 5.41) is 40.1. The highest BCUT2D eigenvalue weighted by molar-refractivity contribution is 6.05. The Labute approximate surface area is 194 Å². The van der Waals surface area contributed by atoms with Gasteiger partial charge in [0.15, 0.2) is 0 Å². The molecule has 6 N–H and O–H groups in total. The highest BCUT2D eigenvalue weighted by Crippen LogP contribution is 2.18. The number of benzene rings is 3.